The zero-order chi connectivity index (χ0) is 16.1. The molecule has 1 aliphatic heterocycles. The lowest BCUT2D eigenvalue weighted by atomic mass is 10.0. The Hall–Kier alpha value is -0.890. The third-order valence-corrected chi connectivity index (χ3v) is 4.01. The van der Waals surface area contributed by atoms with Crippen molar-refractivity contribution < 1.29 is 4.39 Å². The van der Waals surface area contributed by atoms with E-state index in [1.165, 1.54) is 6.42 Å². The zero-order valence-electron chi connectivity index (χ0n) is 14.3. The Morgan fingerprint density at radius 2 is 2.17 bits per heavy atom. The minimum absolute atomic E-state index is 0. The van der Waals surface area contributed by atoms with Gasteiger partial charge in [-0.25, -0.2) is 9.38 Å². The first kappa shape index (κ1) is 20.2. The lowest BCUT2D eigenvalue weighted by Crippen LogP contribution is -2.43. The molecular formula is C17H28FIN4. The van der Waals surface area contributed by atoms with Crippen LogP contribution in [0.15, 0.2) is 23.2 Å². The van der Waals surface area contributed by atoms with Gasteiger partial charge in [-0.3, -0.25) is 0 Å². The molecule has 6 heteroatoms. The first-order valence-electron chi connectivity index (χ1n) is 7.92. The van der Waals surface area contributed by atoms with Crippen molar-refractivity contribution in [2.24, 2.45) is 16.6 Å². The average Bonchev–Trinajstić information content (AvgIpc) is 2.47. The van der Waals surface area contributed by atoms with Gasteiger partial charge in [0.05, 0.1) is 6.54 Å². The Balaban J connectivity index is 0.00000264. The topological polar surface area (TPSA) is 44.9 Å². The molecule has 0 amide bonds. The molecule has 23 heavy (non-hydrogen) atoms. The molecule has 1 aromatic rings. The second-order valence-corrected chi connectivity index (χ2v) is 6.53. The number of rotatable bonds is 4. The monoisotopic (exact) mass is 434 g/mol. The van der Waals surface area contributed by atoms with E-state index in [0.29, 0.717) is 30.5 Å². The summed E-state index contributed by atoms with van der Waals surface area (Å²) in [5, 5.41) is 0. The SMILES string of the molecule is CC1CCCN(C(N)=NCc2ccc(CN(C)C)c(F)c2)C1.I. The second-order valence-electron chi connectivity index (χ2n) is 6.53. The van der Waals surface area contributed by atoms with Gasteiger partial charge in [0, 0.05) is 25.2 Å². The van der Waals surface area contributed by atoms with E-state index in [9.17, 15) is 4.39 Å². The number of nitrogens with zero attached hydrogens (tertiary/aromatic N) is 3. The second kappa shape index (κ2) is 9.42. The molecule has 0 spiro atoms. The van der Waals surface area contributed by atoms with Crippen LogP contribution in [0.1, 0.15) is 30.9 Å². The quantitative estimate of drug-likeness (QED) is 0.450. The van der Waals surface area contributed by atoms with Gasteiger partial charge in [-0.1, -0.05) is 19.1 Å². The van der Waals surface area contributed by atoms with Crippen molar-refractivity contribution in [2.75, 3.05) is 27.2 Å². The average molecular weight is 434 g/mol. The van der Waals surface area contributed by atoms with Crippen molar-refractivity contribution in [3.8, 4) is 0 Å². The fourth-order valence-electron chi connectivity index (χ4n) is 2.83. The van der Waals surface area contributed by atoms with Gasteiger partial charge in [-0.05, 0) is 44.5 Å². The fraction of sp³-hybridized carbons (Fsp3) is 0.588. The lowest BCUT2D eigenvalue weighted by Gasteiger charge is -2.31. The summed E-state index contributed by atoms with van der Waals surface area (Å²) in [7, 11) is 3.86. The molecule has 4 nitrogen and oxygen atoms in total. The molecule has 1 atom stereocenters. The van der Waals surface area contributed by atoms with E-state index < -0.39 is 0 Å². The number of aliphatic imine (C=N–C) groups is 1. The highest BCUT2D eigenvalue weighted by Crippen LogP contribution is 2.16. The molecule has 1 fully saturated rings. The van der Waals surface area contributed by atoms with Crippen molar-refractivity contribution in [1.82, 2.24) is 9.80 Å². The minimum atomic E-state index is -0.174. The van der Waals surface area contributed by atoms with Gasteiger partial charge in [0.1, 0.15) is 5.82 Å². The van der Waals surface area contributed by atoms with Crippen molar-refractivity contribution >= 4 is 29.9 Å². The Morgan fingerprint density at radius 3 is 2.78 bits per heavy atom. The van der Waals surface area contributed by atoms with Gasteiger partial charge < -0.3 is 15.5 Å². The van der Waals surface area contributed by atoms with Gasteiger partial charge in [0.2, 0.25) is 0 Å². The molecule has 1 aliphatic rings. The minimum Gasteiger partial charge on any atom is -0.370 e. The van der Waals surface area contributed by atoms with E-state index in [2.05, 4.69) is 16.8 Å². The van der Waals surface area contributed by atoms with Crippen LogP contribution in [0.2, 0.25) is 0 Å². The van der Waals surface area contributed by atoms with Crippen molar-refractivity contribution in [1.29, 1.82) is 0 Å². The largest absolute Gasteiger partial charge is 0.370 e. The molecule has 1 saturated heterocycles. The van der Waals surface area contributed by atoms with Crippen LogP contribution in [-0.2, 0) is 13.1 Å². The van der Waals surface area contributed by atoms with Crippen LogP contribution in [-0.4, -0.2) is 42.9 Å². The highest BCUT2D eigenvalue weighted by Gasteiger charge is 2.17. The van der Waals surface area contributed by atoms with Crippen LogP contribution in [0.4, 0.5) is 4.39 Å². The molecule has 0 bridgehead atoms. The van der Waals surface area contributed by atoms with E-state index in [0.717, 1.165) is 25.1 Å². The molecule has 0 saturated carbocycles. The predicted molar refractivity (Wildman–Crippen MR) is 105 cm³/mol. The first-order valence-corrected chi connectivity index (χ1v) is 7.92. The summed E-state index contributed by atoms with van der Waals surface area (Å²) in [5.41, 5.74) is 7.63. The van der Waals surface area contributed by atoms with Crippen LogP contribution in [0.25, 0.3) is 0 Å². The highest BCUT2D eigenvalue weighted by molar-refractivity contribution is 14.0. The molecule has 2 rings (SSSR count). The standard InChI is InChI=1S/C17H27FN4.HI/c1-13-5-4-8-22(11-13)17(19)20-10-14-6-7-15(12-21(2)3)16(18)9-14;/h6-7,9,13H,4-5,8,10-12H2,1-3H3,(H2,19,20);1H. The van der Waals surface area contributed by atoms with Gasteiger partial charge in [-0.15, -0.1) is 24.0 Å². The Kier molecular flexibility index (Phi) is 8.25. The van der Waals surface area contributed by atoms with Gasteiger partial charge >= 0.3 is 0 Å². The summed E-state index contributed by atoms with van der Waals surface area (Å²) >= 11 is 0. The smallest absolute Gasteiger partial charge is 0.191 e. The summed E-state index contributed by atoms with van der Waals surface area (Å²) in [6.07, 6.45) is 2.41. The Labute approximate surface area is 156 Å². The maximum atomic E-state index is 14.0. The van der Waals surface area contributed by atoms with E-state index >= 15 is 0 Å². The maximum Gasteiger partial charge on any atom is 0.191 e. The molecule has 1 unspecified atom stereocenters. The molecule has 1 aromatic carbocycles. The summed E-state index contributed by atoms with van der Waals surface area (Å²) in [6, 6.07) is 5.32. The van der Waals surface area contributed by atoms with Crippen molar-refractivity contribution in [3.63, 3.8) is 0 Å². The molecule has 130 valence electrons. The summed E-state index contributed by atoms with van der Waals surface area (Å²) in [6.45, 7) is 5.19. The van der Waals surface area contributed by atoms with Crippen LogP contribution >= 0.6 is 24.0 Å². The number of hydrogen-bond acceptors (Lipinski definition) is 2. The molecule has 2 N–H and O–H groups in total. The number of likely N-dealkylation sites (tertiary alicyclic amines) is 1. The van der Waals surface area contributed by atoms with Crippen LogP contribution in [0.5, 0.6) is 0 Å². The molecule has 0 aromatic heterocycles. The third-order valence-electron chi connectivity index (χ3n) is 4.01. The van der Waals surface area contributed by atoms with Gasteiger partial charge in [0.15, 0.2) is 5.96 Å². The molecule has 1 heterocycles. The normalized spacial score (nSPS) is 18.9. The Morgan fingerprint density at radius 1 is 1.43 bits per heavy atom. The predicted octanol–water partition coefficient (Wildman–Crippen LogP) is 3.05. The van der Waals surface area contributed by atoms with Crippen LogP contribution < -0.4 is 5.73 Å². The van der Waals surface area contributed by atoms with Crippen LogP contribution in [0, 0.1) is 11.7 Å². The number of guanidine groups is 1. The number of benzene rings is 1. The number of hydrogen-bond donors (Lipinski definition) is 1. The number of piperidine rings is 1. The summed E-state index contributed by atoms with van der Waals surface area (Å²) in [4.78, 5) is 8.51. The van der Waals surface area contributed by atoms with E-state index in [1.807, 2.05) is 31.1 Å². The molecule has 0 aliphatic carbocycles. The highest BCUT2D eigenvalue weighted by atomic mass is 127. The van der Waals surface area contributed by atoms with E-state index in [-0.39, 0.29) is 29.8 Å². The maximum absolute atomic E-state index is 14.0. The lowest BCUT2D eigenvalue weighted by molar-refractivity contribution is 0.270. The fourth-order valence-corrected chi connectivity index (χ4v) is 2.83. The zero-order valence-corrected chi connectivity index (χ0v) is 16.6. The van der Waals surface area contributed by atoms with Crippen molar-refractivity contribution in [2.45, 2.75) is 32.9 Å². The van der Waals surface area contributed by atoms with Crippen molar-refractivity contribution in [3.05, 3.63) is 35.1 Å². The van der Waals surface area contributed by atoms with E-state index in [1.54, 1.807) is 6.07 Å². The summed E-state index contributed by atoms with van der Waals surface area (Å²) < 4.78 is 14.0. The Bertz CT molecular complexity index is 533. The number of halogens is 2. The third kappa shape index (κ3) is 6.25. The summed E-state index contributed by atoms with van der Waals surface area (Å²) in [5.74, 6) is 1.06. The number of nitrogens with two attached hydrogens (primary N) is 1. The van der Waals surface area contributed by atoms with E-state index in [4.69, 9.17) is 5.73 Å². The van der Waals surface area contributed by atoms with Crippen LogP contribution in [0.3, 0.4) is 0 Å². The molecule has 0 radical (unpaired) electrons. The molecular weight excluding hydrogens is 406 g/mol. The van der Waals surface area contributed by atoms with Gasteiger partial charge in [-0.2, -0.15) is 0 Å². The van der Waals surface area contributed by atoms with Gasteiger partial charge in [0.25, 0.3) is 0 Å². The first-order chi connectivity index (χ1) is 10.5.